The largest absolute Gasteiger partial charge is 0.416 e. The summed E-state index contributed by atoms with van der Waals surface area (Å²) in [5, 5.41) is 16.0. The van der Waals surface area contributed by atoms with Crippen LogP contribution in [-0.2, 0) is 17.4 Å². The lowest BCUT2D eigenvalue weighted by molar-refractivity contribution is -0.139. The number of aliphatic hydroxyl groups excluding tert-OH is 1. The predicted octanol–water partition coefficient (Wildman–Crippen LogP) is 3.83. The van der Waals surface area contributed by atoms with E-state index < -0.39 is 29.8 Å². The van der Waals surface area contributed by atoms with Crippen LogP contribution in [0.25, 0.3) is 0 Å². The Kier molecular flexibility index (Phi) is 5.93. The molecule has 0 aromatic heterocycles. The molecule has 2 aromatic carbocycles. The van der Waals surface area contributed by atoms with Crippen LogP contribution in [-0.4, -0.2) is 23.0 Å². The van der Waals surface area contributed by atoms with Crippen molar-refractivity contribution in [1.82, 2.24) is 5.32 Å². The van der Waals surface area contributed by atoms with Crippen molar-refractivity contribution < 1.29 is 27.9 Å². The van der Waals surface area contributed by atoms with E-state index in [1.807, 2.05) is 6.92 Å². The van der Waals surface area contributed by atoms with Gasteiger partial charge in [0.15, 0.2) is 0 Å². The SMILES string of the molecule is CCC[C@@H](NC(=O)c1cccc2c1CC(=O)N2)[C@@H](O)c1ccccc1C(F)(F)F. The fourth-order valence-corrected chi connectivity index (χ4v) is 3.56. The Morgan fingerprint density at radius 2 is 1.93 bits per heavy atom. The fraction of sp³-hybridized carbons (Fsp3) is 0.333. The molecule has 1 aliphatic heterocycles. The topological polar surface area (TPSA) is 78.4 Å². The fourth-order valence-electron chi connectivity index (χ4n) is 3.56. The summed E-state index contributed by atoms with van der Waals surface area (Å²) in [7, 11) is 0. The highest BCUT2D eigenvalue weighted by atomic mass is 19.4. The van der Waals surface area contributed by atoms with Crippen LogP contribution in [0.3, 0.4) is 0 Å². The molecule has 0 aliphatic carbocycles. The van der Waals surface area contributed by atoms with Crippen LogP contribution in [0, 0.1) is 0 Å². The molecular weight excluding hydrogens is 385 g/mol. The normalized spacial score (nSPS) is 15.4. The van der Waals surface area contributed by atoms with Gasteiger partial charge < -0.3 is 15.7 Å². The number of carbonyl (C=O) groups is 2. The monoisotopic (exact) mass is 406 g/mol. The van der Waals surface area contributed by atoms with E-state index in [0.717, 1.165) is 6.07 Å². The van der Waals surface area contributed by atoms with Gasteiger partial charge in [0.05, 0.1) is 24.1 Å². The molecule has 5 nitrogen and oxygen atoms in total. The number of carbonyl (C=O) groups excluding carboxylic acids is 2. The maximum absolute atomic E-state index is 13.3. The van der Waals surface area contributed by atoms with E-state index in [0.29, 0.717) is 17.7 Å². The minimum atomic E-state index is -4.62. The van der Waals surface area contributed by atoms with Crippen molar-refractivity contribution in [2.75, 3.05) is 5.32 Å². The van der Waals surface area contributed by atoms with Gasteiger partial charge in [-0.15, -0.1) is 0 Å². The summed E-state index contributed by atoms with van der Waals surface area (Å²) >= 11 is 0. The first-order chi connectivity index (χ1) is 13.7. The lowest BCUT2D eigenvalue weighted by Crippen LogP contribution is -2.40. The number of nitrogens with one attached hydrogen (secondary N) is 2. The zero-order valence-electron chi connectivity index (χ0n) is 15.7. The van der Waals surface area contributed by atoms with Crippen LogP contribution >= 0.6 is 0 Å². The molecule has 0 spiro atoms. The minimum Gasteiger partial charge on any atom is -0.386 e. The molecule has 2 aromatic rings. The third-order valence-electron chi connectivity index (χ3n) is 4.91. The maximum Gasteiger partial charge on any atom is 0.416 e. The summed E-state index contributed by atoms with van der Waals surface area (Å²) in [4.78, 5) is 24.5. The van der Waals surface area contributed by atoms with Crippen molar-refractivity contribution in [1.29, 1.82) is 0 Å². The van der Waals surface area contributed by atoms with Gasteiger partial charge >= 0.3 is 6.18 Å². The molecule has 0 bridgehead atoms. The van der Waals surface area contributed by atoms with Gasteiger partial charge in [-0.1, -0.05) is 37.6 Å². The average molecular weight is 406 g/mol. The Morgan fingerprint density at radius 3 is 2.62 bits per heavy atom. The number of amides is 2. The zero-order valence-corrected chi connectivity index (χ0v) is 15.7. The standard InChI is InChI=1S/C21H21F3N2O3/c1-2-6-17(19(28)13-7-3-4-9-15(13)21(22,23)24)26-20(29)12-8-5-10-16-14(12)11-18(27)25-16/h3-5,7-10,17,19,28H,2,6,11H2,1H3,(H,25,27)(H,26,29)/t17-,19+/m1/s1. The molecule has 0 saturated carbocycles. The van der Waals surface area contributed by atoms with Gasteiger partial charge in [0.2, 0.25) is 5.91 Å². The lowest BCUT2D eigenvalue weighted by atomic mass is 9.93. The number of benzene rings is 2. The highest BCUT2D eigenvalue weighted by Crippen LogP contribution is 2.36. The van der Waals surface area contributed by atoms with E-state index >= 15 is 0 Å². The van der Waals surface area contributed by atoms with Crippen molar-refractivity contribution >= 4 is 17.5 Å². The number of hydrogen-bond donors (Lipinski definition) is 3. The van der Waals surface area contributed by atoms with Crippen molar-refractivity contribution in [3.63, 3.8) is 0 Å². The summed E-state index contributed by atoms with van der Waals surface area (Å²) in [5.41, 5.74) is 0.124. The molecule has 8 heteroatoms. The second-order valence-corrected chi connectivity index (χ2v) is 6.96. The van der Waals surface area contributed by atoms with Crippen molar-refractivity contribution in [2.45, 2.75) is 44.5 Å². The summed E-state index contributed by atoms with van der Waals surface area (Å²) in [6.45, 7) is 1.81. The number of aliphatic hydroxyl groups is 1. The van der Waals surface area contributed by atoms with E-state index in [-0.39, 0.29) is 29.9 Å². The summed E-state index contributed by atoms with van der Waals surface area (Å²) in [6.07, 6.45) is -5.27. The number of fused-ring (bicyclic) bond motifs is 1. The highest BCUT2D eigenvalue weighted by molar-refractivity contribution is 6.05. The zero-order chi connectivity index (χ0) is 21.2. The Balaban J connectivity index is 1.88. The average Bonchev–Trinajstić information content (AvgIpc) is 3.06. The van der Waals surface area contributed by atoms with Crippen LogP contribution in [0.5, 0.6) is 0 Å². The Labute approximate surface area is 165 Å². The Bertz CT molecular complexity index is 928. The molecule has 0 unspecified atom stereocenters. The lowest BCUT2D eigenvalue weighted by Gasteiger charge is -2.26. The number of halogens is 3. The predicted molar refractivity (Wildman–Crippen MR) is 101 cm³/mol. The highest BCUT2D eigenvalue weighted by Gasteiger charge is 2.37. The van der Waals surface area contributed by atoms with Crippen molar-refractivity contribution in [3.8, 4) is 0 Å². The smallest absolute Gasteiger partial charge is 0.386 e. The maximum atomic E-state index is 13.3. The van der Waals surface area contributed by atoms with Crippen molar-refractivity contribution in [3.05, 3.63) is 64.7 Å². The van der Waals surface area contributed by atoms with Crippen LogP contribution in [0.4, 0.5) is 18.9 Å². The van der Waals surface area contributed by atoms with Gasteiger partial charge in [-0.2, -0.15) is 13.2 Å². The third-order valence-corrected chi connectivity index (χ3v) is 4.91. The molecule has 0 radical (unpaired) electrons. The first-order valence-electron chi connectivity index (χ1n) is 9.29. The summed E-state index contributed by atoms with van der Waals surface area (Å²) in [6, 6.07) is 8.71. The van der Waals surface area contributed by atoms with E-state index in [1.54, 1.807) is 18.2 Å². The third kappa shape index (κ3) is 4.42. The molecule has 2 amide bonds. The van der Waals surface area contributed by atoms with Gasteiger partial charge in [0.1, 0.15) is 0 Å². The second-order valence-electron chi connectivity index (χ2n) is 6.96. The molecule has 1 aliphatic rings. The Hall–Kier alpha value is -2.87. The second kappa shape index (κ2) is 8.24. The number of anilines is 1. The molecule has 2 atom stereocenters. The number of alkyl halides is 3. The quantitative estimate of drug-likeness (QED) is 0.682. The van der Waals surface area contributed by atoms with Crippen LogP contribution in [0.15, 0.2) is 42.5 Å². The molecule has 1 heterocycles. The number of rotatable bonds is 6. The van der Waals surface area contributed by atoms with Gasteiger partial charge in [-0.05, 0) is 35.7 Å². The van der Waals surface area contributed by atoms with Gasteiger partial charge in [0.25, 0.3) is 5.91 Å². The van der Waals surface area contributed by atoms with Gasteiger partial charge in [-0.25, -0.2) is 0 Å². The molecule has 0 saturated heterocycles. The Morgan fingerprint density at radius 1 is 1.21 bits per heavy atom. The van der Waals surface area contributed by atoms with E-state index in [4.69, 9.17) is 0 Å². The molecule has 29 heavy (non-hydrogen) atoms. The van der Waals surface area contributed by atoms with E-state index in [2.05, 4.69) is 10.6 Å². The first-order valence-corrected chi connectivity index (χ1v) is 9.29. The summed E-state index contributed by atoms with van der Waals surface area (Å²) in [5.74, 6) is -0.773. The van der Waals surface area contributed by atoms with Crippen LogP contribution in [0.2, 0.25) is 0 Å². The summed E-state index contributed by atoms with van der Waals surface area (Å²) < 4.78 is 40.0. The molecule has 0 fully saturated rings. The van der Waals surface area contributed by atoms with E-state index in [1.165, 1.54) is 18.2 Å². The molecular formula is C21H21F3N2O3. The molecule has 3 rings (SSSR count). The van der Waals surface area contributed by atoms with Gasteiger partial charge in [0, 0.05) is 11.3 Å². The number of hydrogen-bond acceptors (Lipinski definition) is 3. The van der Waals surface area contributed by atoms with Crippen LogP contribution in [0.1, 0.15) is 52.9 Å². The van der Waals surface area contributed by atoms with E-state index in [9.17, 15) is 27.9 Å². The van der Waals surface area contributed by atoms with Crippen LogP contribution < -0.4 is 10.6 Å². The molecule has 154 valence electrons. The minimum absolute atomic E-state index is 0.0524. The van der Waals surface area contributed by atoms with Gasteiger partial charge in [-0.3, -0.25) is 9.59 Å². The van der Waals surface area contributed by atoms with Crippen molar-refractivity contribution in [2.24, 2.45) is 0 Å². The first kappa shape index (κ1) is 20.9. The molecule has 3 N–H and O–H groups in total.